The number of likely N-dealkylation sites (N-methyl/N-ethyl adjacent to an activating group) is 1. The molecule has 3 aromatic rings. The van der Waals surface area contributed by atoms with Crippen molar-refractivity contribution in [2.45, 2.75) is 26.4 Å². The largest absolute Gasteiger partial charge is 0.337 e. The zero-order valence-corrected chi connectivity index (χ0v) is 16.9. The number of amides is 1. The van der Waals surface area contributed by atoms with Crippen molar-refractivity contribution in [3.63, 3.8) is 0 Å². The fourth-order valence-corrected chi connectivity index (χ4v) is 3.99. The second kappa shape index (κ2) is 8.16. The predicted octanol–water partition coefficient (Wildman–Crippen LogP) is 4.93. The smallest absolute Gasteiger partial charge is 0.245 e. The zero-order chi connectivity index (χ0) is 18.7. The highest BCUT2D eigenvalue weighted by atomic mass is 35.5. The number of benzene rings is 1. The van der Waals surface area contributed by atoms with Crippen LogP contribution >= 0.6 is 35.2 Å². The maximum absolute atomic E-state index is 13.1. The number of carbonyl (C=O) groups excluding carboxylic acids is 1. The number of nitrogens with one attached hydrogen (secondary N) is 1. The number of hydrogen-bond donors (Lipinski definition) is 1. The Morgan fingerprint density at radius 3 is 2.81 bits per heavy atom. The average molecular weight is 407 g/mol. The Kier molecular flexibility index (Phi) is 5.90. The Morgan fingerprint density at radius 1 is 1.38 bits per heavy atom. The standard InChI is InChI=1S/C18H19ClN4OS2/c1-3-22(11-13-7-4-5-8-14(13)19)17(24)12(2)23-16(20-21-18(23)25)15-9-6-10-26-15/h4-10,12H,3,11H2,1-2H3,(H,21,25). The van der Waals surface area contributed by atoms with Crippen LogP contribution in [0.3, 0.4) is 0 Å². The fourth-order valence-electron chi connectivity index (χ4n) is 2.80. The van der Waals surface area contributed by atoms with Crippen molar-refractivity contribution in [3.8, 4) is 10.7 Å². The maximum Gasteiger partial charge on any atom is 0.245 e. The molecule has 0 bridgehead atoms. The van der Waals surface area contributed by atoms with Crippen LogP contribution in [0.15, 0.2) is 41.8 Å². The molecule has 0 aliphatic heterocycles. The summed E-state index contributed by atoms with van der Waals surface area (Å²) in [5.74, 6) is 0.655. The number of H-pyrrole nitrogens is 1. The Balaban J connectivity index is 1.88. The summed E-state index contributed by atoms with van der Waals surface area (Å²) in [6, 6.07) is 11.0. The second-order valence-corrected chi connectivity index (χ2v) is 7.56. The lowest BCUT2D eigenvalue weighted by Gasteiger charge is -2.26. The first-order valence-corrected chi connectivity index (χ1v) is 9.92. The molecule has 1 N–H and O–H groups in total. The SMILES string of the molecule is CCN(Cc1ccccc1Cl)C(=O)C(C)n1c(-c2cccs2)n[nH]c1=S. The van der Waals surface area contributed by atoms with Gasteiger partial charge in [0, 0.05) is 18.1 Å². The van der Waals surface area contributed by atoms with Gasteiger partial charge in [-0.15, -0.1) is 11.3 Å². The normalized spacial score (nSPS) is 12.1. The molecule has 136 valence electrons. The molecule has 1 atom stereocenters. The van der Waals surface area contributed by atoms with Crippen molar-refractivity contribution < 1.29 is 4.79 Å². The van der Waals surface area contributed by atoms with E-state index in [-0.39, 0.29) is 5.91 Å². The summed E-state index contributed by atoms with van der Waals surface area (Å²) in [6.07, 6.45) is 0. The predicted molar refractivity (Wildman–Crippen MR) is 108 cm³/mol. The number of aromatic amines is 1. The van der Waals surface area contributed by atoms with Gasteiger partial charge >= 0.3 is 0 Å². The second-order valence-electron chi connectivity index (χ2n) is 5.82. The van der Waals surface area contributed by atoms with Crippen LogP contribution < -0.4 is 0 Å². The molecule has 2 aromatic heterocycles. The van der Waals surface area contributed by atoms with Crippen molar-refractivity contribution in [3.05, 3.63) is 57.1 Å². The van der Waals surface area contributed by atoms with Crippen LogP contribution in [0.5, 0.6) is 0 Å². The minimum absolute atomic E-state index is 0.0253. The summed E-state index contributed by atoms with van der Waals surface area (Å²) >= 11 is 13.2. The Hall–Kier alpha value is -1.96. The molecule has 26 heavy (non-hydrogen) atoms. The highest BCUT2D eigenvalue weighted by molar-refractivity contribution is 7.71. The monoisotopic (exact) mass is 406 g/mol. The number of thiophene rings is 1. The van der Waals surface area contributed by atoms with Crippen LogP contribution in [-0.2, 0) is 11.3 Å². The summed E-state index contributed by atoms with van der Waals surface area (Å²) in [5.41, 5.74) is 0.922. The summed E-state index contributed by atoms with van der Waals surface area (Å²) in [4.78, 5) is 15.9. The van der Waals surface area contributed by atoms with Gasteiger partial charge in [0.15, 0.2) is 10.6 Å². The van der Waals surface area contributed by atoms with Crippen molar-refractivity contribution >= 4 is 41.1 Å². The highest BCUT2D eigenvalue weighted by Gasteiger charge is 2.25. The van der Waals surface area contributed by atoms with Gasteiger partial charge in [0.2, 0.25) is 5.91 Å². The molecule has 0 spiro atoms. The van der Waals surface area contributed by atoms with Crippen molar-refractivity contribution in [2.75, 3.05) is 6.54 Å². The van der Waals surface area contributed by atoms with Crippen LogP contribution in [-0.4, -0.2) is 32.1 Å². The number of nitrogens with zero attached hydrogens (tertiary/aromatic N) is 3. The quantitative estimate of drug-likeness (QED) is 0.590. The van der Waals surface area contributed by atoms with Gasteiger partial charge in [-0.05, 0) is 49.1 Å². The Morgan fingerprint density at radius 2 is 2.15 bits per heavy atom. The lowest BCUT2D eigenvalue weighted by atomic mass is 10.2. The first-order valence-electron chi connectivity index (χ1n) is 8.26. The molecule has 8 heteroatoms. The van der Waals surface area contributed by atoms with Gasteiger partial charge in [0.25, 0.3) is 0 Å². The fraction of sp³-hybridized carbons (Fsp3) is 0.278. The summed E-state index contributed by atoms with van der Waals surface area (Å²) in [5, 5.41) is 9.75. The number of rotatable bonds is 6. The lowest BCUT2D eigenvalue weighted by molar-refractivity contribution is -0.134. The average Bonchev–Trinajstić information content (AvgIpc) is 3.29. The minimum atomic E-state index is -0.471. The third kappa shape index (κ3) is 3.75. The van der Waals surface area contributed by atoms with Crippen LogP contribution in [0.1, 0.15) is 25.5 Å². The van der Waals surface area contributed by atoms with Gasteiger partial charge in [-0.25, -0.2) is 0 Å². The van der Waals surface area contributed by atoms with Gasteiger partial charge in [-0.1, -0.05) is 35.9 Å². The number of hydrogen-bond acceptors (Lipinski definition) is 4. The minimum Gasteiger partial charge on any atom is -0.337 e. The van der Waals surface area contributed by atoms with E-state index in [9.17, 15) is 4.79 Å². The lowest BCUT2D eigenvalue weighted by Crippen LogP contribution is -2.36. The molecule has 1 aromatic carbocycles. The third-order valence-corrected chi connectivity index (χ3v) is 5.73. The Bertz CT molecular complexity index is 948. The maximum atomic E-state index is 13.1. The van der Waals surface area contributed by atoms with Crippen molar-refractivity contribution in [2.24, 2.45) is 0 Å². The molecule has 0 fully saturated rings. The molecule has 1 unspecified atom stereocenters. The molecular formula is C18H19ClN4OS2. The van der Waals surface area contributed by atoms with Crippen LogP contribution in [0.2, 0.25) is 5.02 Å². The van der Waals surface area contributed by atoms with E-state index in [4.69, 9.17) is 23.8 Å². The molecule has 0 saturated carbocycles. The van der Waals surface area contributed by atoms with E-state index in [1.54, 1.807) is 20.8 Å². The summed E-state index contributed by atoms with van der Waals surface area (Å²) in [6.45, 7) is 4.84. The van der Waals surface area contributed by atoms with E-state index < -0.39 is 6.04 Å². The number of halogens is 1. The number of carbonyl (C=O) groups is 1. The molecule has 0 saturated heterocycles. The molecule has 0 aliphatic rings. The molecule has 0 aliphatic carbocycles. The van der Waals surface area contributed by atoms with Gasteiger partial charge in [-0.2, -0.15) is 5.10 Å². The van der Waals surface area contributed by atoms with Gasteiger partial charge in [0.05, 0.1) is 4.88 Å². The summed E-state index contributed by atoms with van der Waals surface area (Å²) in [7, 11) is 0. The van der Waals surface area contributed by atoms with Gasteiger partial charge in [0.1, 0.15) is 6.04 Å². The van der Waals surface area contributed by atoms with Crippen LogP contribution in [0.25, 0.3) is 10.7 Å². The van der Waals surface area contributed by atoms with Crippen LogP contribution in [0.4, 0.5) is 0 Å². The topological polar surface area (TPSA) is 53.9 Å². The van der Waals surface area contributed by atoms with Gasteiger partial charge in [-0.3, -0.25) is 14.5 Å². The van der Waals surface area contributed by atoms with E-state index in [0.717, 1.165) is 10.4 Å². The number of aromatic nitrogens is 3. The molecule has 3 rings (SSSR count). The van der Waals surface area contributed by atoms with E-state index in [1.807, 2.05) is 55.6 Å². The first kappa shape index (κ1) is 18.8. The summed E-state index contributed by atoms with van der Waals surface area (Å²) < 4.78 is 2.21. The van der Waals surface area contributed by atoms with E-state index >= 15 is 0 Å². The molecule has 2 heterocycles. The molecule has 5 nitrogen and oxygen atoms in total. The zero-order valence-electron chi connectivity index (χ0n) is 14.5. The molecule has 1 amide bonds. The van der Waals surface area contributed by atoms with E-state index in [1.165, 1.54) is 0 Å². The van der Waals surface area contributed by atoms with E-state index in [0.29, 0.717) is 28.7 Å². The van der Waals surface area contributed by atoms with Crippen molar-refractivity contribution in [1.82, 2.24) is 19.7 Å². The van der Waals surface area contributed by atoms with E-state index in [2.05, 4.69) is 10.2 Å². The highest BCUT2D eigenvalue weighted by Crippen LogP contribution is 2.27. The first-order chi connectivity index (χ1) is 12.5. The molecular weight excluding hydrogens is 388 g/mol. The van der Waals surface area contributed by atoms with Crippen molar-refractivity contribution in [1.29, 1.82) is 0 Å². The third-order valence-electron chi connectivity index (χ3n) is 4.20. The Labute approximate surface area is 166 Å². The van der Waals surface area contributed by atoms with Crippen LogP contribution in [0, 0.1) is 4.77 Å². The molecule has 0 radical (unpaired) electrons. The van der Waals surface area contributed by atoms with Gasteiger partial charge < -0.3 is 4.90 Å².